The summed E-state index contributed by atoms with van der Waals surface area (Å²) < 4.78 is 39.9. The molecule has 3 aromatic heterocycles. The van der Waals surface area contributed by atoms with E-state index in [-0.39, 0.29) is 44.0 Å². The van der Waals surface area contributed by atoms with Crippen molar-refractivity contribution in [1.82, 2.24) is 39.5 Å². The summed E-state index contributed by atoms with van der Waals surface area (Å²) in [4.78, 5) is 67.8. The maximum absolute atomic E-state index is 14.6. The van der Waals surface area contributed by atoms with Crippen molar-refractivity contribution in [3.05, 3.63) is 58.2 Å². The monoisotopic (exact) mass is 918 g/mol. The van der Waals surface area contributed by atoms with Crippen LogP contribution in [0.15, 0.2) is 41.9 Å². The summed E-state index contributed by atoms with van der Waals surface area (Å²) in [5, 5.41) is 7.99. The van der Waals surface area contributed by atoms with Gasteiger partial charge in [-0.1, -0.05) is 33.8 Å². The van der Waals surface area contributed by atoms with E-state index in [1.807, 2.05) is 32.2 Å². The molecule has 2 fully saturated rings. The van der Waals surface area contributed by atoms with Crippen LogP contribution in [0, 0.1) is 17.3 Å². The Morgan fingerprint density at radius 3 is 2.59 bits per heavy atom. The van der Waals surface area contributed by atoms with Gasteiger partial charge < -0.3 is 24.3 Å². The molecule has 3 aliphatic heterocycles. The number of thiazole rings is 1. The number of amides is 3. The van der Waals surface area contributed by atoms with Crippen LogP contribution in [-0.4, -0.2) is 126 Å². The van der Waals surface area contributed by atoms with Gasteiger partial charge in [-0.15, -0.1) is 11.3 Å². The van der Waals surface area contributed by atoms with Crippen LogP contribution in [0.2, 0.25) is 0 Å². The number of aromatic nitrogens is 3. The van der Waals surface area contributed by atoms with E-state index in [4.69, 9.17) is 19.4 Å². The number of hydrogen-bond acceptors (Lipinski definition) is 12. The van der Waals surface area contributed by atoms with Crippen LogP contribution >= 0.6 is 11.3 Å². The van der Waals surface area contributed by atoms with E-state index >= 15 is 0 Å². The molecule has 6 heterocycles. The van der Waals surface area contributed by atoms with E-state index in [2.05, 4.69) is 60.3 Å². The van der Waals surface area contributed by atoms with Gasteiger partial charge in [-0.25, -0.2) is 23.1 Å². The van der Waals surface area contributed by atoms with E-state index < -0.39 is 57.3 Å². The number of ether oxygens (including phenoxy) is 2. The predicted molar refractivity (Wildman–Crippen MR) is 245 cm³/mol. The molecule has 6 bridgehead atoms. The number of nitrogens with zero attached hydrogens (tertiary/aromatic N) is 6. The molecule has 2 saturated heterocycles. The summed E-state index contributed by atoms with van der Waals surface area (Å²) in [6.07, 6.45) is 4.58. The minimum Gasteiger partial charge on any atom is -0.464 e. The van der Waals surface area contributed by atoms with E-state index in [1.165, 1.54) is 25.6 Å². The number of sulfonamides is 1. The summed E-state index contributed by atoms with van der Waals surface area (Å²) >= 11 is 1.39. The summed E-state index contributed by atoms with van der Waals surface area (Å²) in [7, 11) is -0.253. The number of rotatable bonds is 10. The molecule has 346 valence electrons. The molecule has 0 aliphatic carbocycles. The maximum atomic E-state index is 14.6. The Hall–Kier alpha value is -4.75. The van der Waals surface area contributed by atoms with Gasteiger partial charge >= 0.3 is 5.97 Å². The molecule has 64 heavy (non-hydrogen) atoms. The molecular formula is C46H62N8O8S2. The van der Waals surface area contributed by atoms with Crippen LogP contribution in [0.25, 0.3) is 33.4 Å². The Kier molecular flexibility index (Phi) is 14.0. The van der Waals surface area contributed by atoms with Crippen LogP contribution in [0.3, 0.4) is 0 Å². The zero-order chi connectivity index (χ0) is 46.2. The number of pyridine rings is 1. The number of methoxy groups -OCH3 is 1. The lowest BCUT2D eigenvalue weighted by Gasteiger charge is -2.36. The van der Waals surface area contributed by atoms with E-state index in [1.54, 1.807) is 20.4 Å². The highest BCUT2D eigenvalue weighted by atomic mass is 32.2. The fraction of sp³-hybridized carbons (Fsp3) is 0.565. The Morgan fingerprint density at radius 1 is 1.14 bits per heavy atom. The first-order valence-electron chi connectivity index (χ1n) is 22.2. The van der Waals surface area contributed by atoms with Crippen LogP contribution in [0.1, 0.15) is 83.2 Å². The molecule has 1 aromatic carbocycles. The normalized spacial score (nSPS) is 22.0. The highest BCUT2D eigenvalue weighted by Crippen LogP contribution is 2.42. The number of likely N-dealkylation sites (N-methyl/N-ethyl adjacent to an activating group) is 1. The first kappa shape index (κ1) is 47.2. The fourth-order valence-corrected chi connectivity index (χ4v) is 11.1. The van der Waals surface area contributed by atoms with Crippen molar-refractivity contribution in [3.63, 3.8) is 0 Å². The van der Waals surface area contributed by atoms with Gasteiger partial charge in [0.25, 0.3) is 5.91 Å². The second kappa shape index (κ2) is 19.0. The quantitative estimate of drug-likeness (QED) is 0.205. The van der Waals surface area contributed by atoms with Crippen molar-refractivity contribution in [2.24, 2.45) is 17.3 Å². The molecule has 0 saturated carbocycles. The van der Waals surface area contributed by atoms with Gasteiger partial charge in [0.2, 0.25) is 21.8 Å². The highest BCUT2D eigenvalue weighted by molar-refractivity contribution is 7.88. The third-order valence-corrected chi connectivity index (χ3v) is 14.9. The lowest BCUT2D eigenvalue weighted by atomic mass is 9.84. The molecular weight excluding hydrogens is 857 g/mol. The molecule has 3 aliphatic rings. The molecule has 3 amide bonds. The first-order valence-corrected chi connectivity index (χ1v) is 24.9. The van der Waals surface area contributed by atoms with Gasteiger partial charge in [-0.05, 0) is 75.3 Å². The zero-order valence-corrected chi connectivity index (χ0v) is 40.0. The van der Waals surface area contributed by atoms with Gasteiger partial charge in [-0.2, -0.15) is 0 Å². The van der Waals surface area contributed by atoms with Gasteiger partial charge in [0.05, 0.1) is 47.0 Å². The maximum Gasteiger partial charge on any atom is 0.324 e. The standard InChI is InChI=1S/C46H62N8O8S2/c1-10-53-37-16-15-29-21-32(37)33(41(53)31-13-11-18-47-39(31)28(4)61-8)23-46(5,6)26-62-45(58)34-14-12-19-54(50-34)44(57)35(22-38-48-36(29)25-63-38)49-42(55)40(27(2)3)51(7)43(56)30-17-20-52(24-30)64(9,59)60/h11,13,15-16,18,21,25,27-28,30,34-35,40,50H,10,12,14,17,19-20,22-24,26H2,1-9H3,(H,49,55)/t28-,30-,34-,35-,40?/m0/s1. The lowest BCUT2D eigenvalue weighted by Crippen LogP contribution is -2.62. The Morgan fingerprint density at radius 2 is 1.91 bits per heavy atom. The molecule has 16 nitrogen and oxygen atoms in total. The van der Waals surface area contributed by atoms with Crippen molar-refractivity contribution >= 4 is 56.0 Å². The van der Waals surface area contributed by atoms with Crippen molar-refractivity contribution < 1.29 is 37.1 Å². The van der Waals surface area contributed by atoms with E-state index in [9.17, 15) is 27.6 Å². The third-order valence-electron chi connectivity index (χ3n) is 12.8. The average molecular weight is 919 g/mol. The number of carbonyl (C=O) groups excluding carboxylic acids is 4. The number of hydrazine groups is 1. The SMILES string of the molecule is CCn1c(-c2cccnc2[C@H](C)OC)c2c3cc(ccc31)-c1csc(n1)C[C@H](NC(=O)C(C(C)C)N(C)C(=O)[C@H]1CCN(S(C)(=O)=O)C1)C(=O)N1CCC[C@H](N1)C(=O)OCC(C)(C)C2. The number of esters is 1. The minimum atomic E-state index is -3.48. The summed E-state index contributed by atoms with van der Waals surface area (Å²) in [5.74, 6) is -2.74. The number of fused-ring (bicyclic) bond motifs is 6. The number of benzene rings is 1. The molecule has 7 rings (SSSR count). The Bertz CT molecular complexity index is 2520. The van der Waals surface area contributed by atoms with Gasteiger partial charge in [0.1, 0.15) is 18.1 Å². The molecule has 2 N–H and O–H groups in total. The second-order valence-corrected chi connectivity index (χ2v) is 21.4. The van der Waals surface area contributed by atoms with E-state index in [0.29, 0.717) is 43.8 Å². The zero-order valence-electron chi connectivity index (χ0n) is 38.3. The van der Waals surface area contributed by atoms with Crippen molar-refractivity contribution in [2.45, 2.75) is 104 Å². The van der Waals surface area contributed by atoms with Gasteiger partial charge in [0.15, 0.2) is 0 Å². The molecule has 1 unspecified atom stereocenters. The number of cyclic esters (lactones) is 1. The Balaban J connectivity index is 1.27. The van der Waals surface area contributed by atoms with Gasteiger partial charge in [-0.3, -0.25) is 29.2 Å². The van der Waals surface area contributed by atoms with Crippen LogP contribution in [-0.2, 0) is 58.1 Å². The predicted octanol–water partition coefficient (Wildman–Crippen LogP) is 4.97. The highest BCUT2D eigenvalue weighted by Gasteiger charge is 2.41. The van der Waals surface area contributed by atoms with Crippen LogP contribution in [0.4, 0.5) is 0 Å². The Labute approximate surface area is 380 Å². The third kappa shape index (κ3) is 9.76. The fourth-order valence-electron chi connectivity index (χ4n) is 9.40. The first-order chi connectivity index (χ1) is 30.3. The molecule has 0 spiro atoms. The van der Waals surface area contributed by atoms with E-state index in [0.717, 1.165) is 50.9 Å². The summed E-state index contributed by atoms with van der Waals surface area (Å²) in [6, 6.07) is 7.48. The number of carbonyl (C=O) groups is 4. The van der Waals surface area contributed by atoms with Crippen LogP contribution < -0.4 is 10.7 Å². The van der Waals surface area contributed by atoms with Crippen molar-refractivity contribution in [2.75, 3.05) is 46.7 Å². The molecule has 5 atom stereocenters. The number of aryl methyl sites for hydroxylation is 1. The minimum absolute atomic E-state index is 0.0442. The average Bonchev–Trinajstić information content (AvgIpc) is 4.02. The summed E-state index contributed by atoms with van der Waals surface area (Å²) in [6.45, 7) is 13.3. The smallest absolute Gasteiger partial charge is 0.324 e. The summed E-state index contributed by atoms with van der Waals surface area (Å²) in [5.41, 5.74) is 9.15. The van der Waals surface area contributed by atoms with Crippen LogP contribution in [0.5, 0.6) is 0 Å². The van der Waals surface area contributed by atoms with Crippen molar-refractivity contribution in [1.29, 1.82) is 0 Å². The molecule has 4 aromatic rings. The number of hydrogen-bond donors (Lipinski definition) is 2. The second-order valence-electron chi connectivity index (χ2n) is 18.5. The van der Waals surface area contributed by atoms with Crippen molar-refractivity contribution in [3.8, 4) is 22.5 Å². The number of nitrogens with one attached hydrogen (secondary N) is 2. The molecule has 0 radical (unpaired) electrons. The lowest BCUT2D eigenvalue weighted by molar-refractivity contribution is -0.155. The van der Waals surface area contributed by atoms with Gasteiger partial charge in [0, 0.05) is 85.8 Å². The molecule has 18 heteroatoms. The topological polar surface area (TPSA) is 185 Å². The largest absolute Gasteiger partial charge is 0.464 e.